The fourth-order valence-electron chi connectivity index (χ4n) is 0.774. The van der Waals surface area contributed by atoms with Crippen molar-refractivity contribution in [2.24, 2.45) is 0 Å². The van der Waals surface area contributed by atoms with E-state index >= 15 is 0 Å². The molecule has 0 aromatic heterocycles. The van der Waals surface area contributed by atoms with Gasteiger partial charge in [-0.2, -0.15) is 0 Å². The van der Waals surface area contributed by atoms with Gasteiger partial charge in [-0.1, -0.05) is 12.7 Å². The lowest BCUT2D eigenvalue weighted by atomic mass is 10.0. The number of allylic oxidation sites excluding steroid dienone is 1. The van der Waals surface area contributed by atoms with E-state index in [2.05, 4.69) is 6.58 Å². The highest BCUT2D eigenvalue weighted by atomic mass is 16.3. The average Bonchev–Trinajstić information content (AvgIpc) is 2.13. The van der Waals surface area contributed by atoms with Gasteiger partial charge in [-0.3, -0.25) is 4.79 Å². The van der Waals surface area contributed by atoms with Crippen LogP contribution in [0, 0.1) is 0 Å². The van der Waals surface area contributed by atoms with Crippen LogP contribution in [0.1, 0.15) is 6.42 Å². The highest BCUT2D eigenvalue weighted by Gasteiger charge is 2.27. The summed E-state index contributed by atoms with van der Waals surface area (Å²) < 4.78 is 0. The Morgan fingerprint density at radius 3 is 2.78 bits per heavy atom. The second-order valence-electron chi connectivity index (χ2n) is 2.17. The molecule has 0 spiro atoms. The van der Waals surface area contributed by atoms with Gasteiger partial charge in [0.05, 0.1) is 0 Å². The number of carbonyl (C=O) groups excluding carboxylic acids is 1. The minimum absolute atomic E-state index is 0.0441. The average molecular weight is 124 g/mol. The first kappa shape index (κ1) is 6.23. The van der Waals surface area contributed by atoms with Gasteiger partial charge in [-0.25, -0.2) is 0 Å². The molecule has 1 rings (SSSR count). The van der Waals surface area contributed by atoms with E-state index < -0.39 is 5.60 Å². The molecule has 0 fully saturated rings. The van der Waals surface area contributed by atoms with Crippen molar-refractivity contribution in [2.75, 3.05) is 0 Å². The molecule has 2 heteroatoms. The SMILES string of the molecule is C=C[C@]1(O)C=CC(=O)C1. The molecular formula is C7H8O2. The van der Waals surface area contributed by atoms with Crippen molar-refractivity contribution < 1.29 is 9.90 Å². The maximum atomic E-state index is 10.5. The normalized spacial score (nSPS) is 33.2. The first-order valence-corrected chi connectivity index (χ1v) is 2.74. The predicted molar refractivity (Wildman–Crippen MR) is 33.9 cm³/mol. The Balaban J connectivity index is 2.79. The number of rotatable bonds is 1. The van der Waals surface area contributed by atoms with E-state index in [0.29, 0.717) is 0 Å². The quantitative estimate of drug-likeness (QED) is 0.515. The van der Waals surface area contributed by atoms with Crippen molar-refractivity contribution in [3.8, 4) is 0 Å². The molecule has 0 bridgehead atoms. The highest BCUT2D eigenvalue weighted by Crippen LogP contribution is 2.19. The third-order valence-electron chi connectivity index (χ3n) is 1.37. The summed E-state index contributed by atoms with van der Waals surface area (Å²) in [5.41, 5.74) is -1.06. The van der Waals surface area contributed by atoms with Gasteiger partial charge >= 0.3 is 0 Å². The van der Waals surface area contributed by atoms with Crippen molar-refractivity contribution >= 4 is 5.78 Å². The molecule has 0 unspecified atom stereocenters. The minimum atomic E-state index is -1.06. The smallest absolute Gasteiger partial charge is 0.159 e. The zero-order valence-electron chi connectivity index (χ0n) is 5.00. The van der Waals surface area contributed by atoms with Crippen molar-refractivity contribution in [3.63, 3.8) is 0 Å². The molecule has 1 aliphatic rings. The first-order chi connectivity index (χ1) is 4.16. The third kappa shape index (κ3) is 1.08. The molecular weight excluding hydrogens is 116 g/mol. The lowest BCUT2D eigenvalue weighted by molar-refractivity contribution is -0.115. The van der Waals surface area contributed by atoms with Gasteiger partial charge in [0.2, 0.25) is 0 Å². The number of hydrogen-bond acceptors (Lipinski definition) is 2. The maximum absolute atomic E-state index is 10.5. The number of aliphatic hydroxyl groups is 1. The topological polar surface area (TPSA) is 37.3 Å². The van der Waals surface area contributed by atoms with E-state index in [0.717, 1.165) is 0 Å². The van der Waals surface area contributed by atoms with E-state index in [1.54, 1.807) is 0 Å². The van der Waals surface area contributed by atoms with Crippen LogP contribution in [0.15, 0.2) is 24.8 Å². The number of ketones is 1. The minimum Gasteiger partial charge on any atom is -0.381 e. The second-order valence-corrected chi connectivity index (χ2v) is 2.17. The Kier molecular flexibility index (Phi) is 1.25. The zero-order chi connectivity index (χ0) is 6.91. The molecule has 1 atom stereocenters. The van der Waals surface area contributed by atoms with E-state index in [1.165, 1.54) is 18.2 Å². The second kappa shape index (κ2) is 1.81. The van der Waals surface area contributed by atoms with Gasteiger partial charge < -0.3 is 5.11 Å². The number of carbonyl (C=O) groups is 1. The van der Waals surface area contributed by atoms with Gasteiger partial charge in [0, 0.05) is 6.42 Å². The van der Waals surface area contributed by atoms with E-state index in [-0.39, 0.29) is 12.2 Å². The summed E-state index contributed by atoms with van der Waals surface area (Å²) in [5.74, 6) is -0.0441. The van der Waals surface area contributed by atoms with Crippen molar-refractivity contribution in [1.29, 1.82) is 0 Å². The molecule has 0 radical (unpaired) electrons. The Labute approximate surface area is 53.5 Å². The summed E-state index contributed by atoms with van der Waals surface area (Å²) in [4.78, 5) is 10.5. The number of hydrogen-bond donors (Lipinski definition) is 1. The molecule has 1 N–H and O–H groups in total. The molecule has 1 aliphatic carbocycles. The summed E-state index contributed by atoms with van der Waals surface area (Å²) in [5, 5.41) is 9.24. The summed E-state index contributed by atoms with van der Waals surface area (Å²) in [6, 6.07) is 0. The van der Waals surface area contributed by atoms with Gasteiger partial charge in [-0.05, 0) is 12.2 Å². The molecule has 0 saturated carbocycles. The summed E-state index contributed by atoms with van der Waals surface area (Å²) in [6.45, 7) is 3.40. The molecule has 0 heterocycles. The van der Waals surface area contributed by atoms with Gasteiger partial charge in [-0.15, -0.1) is 0 Å². The molecule has 0 aliphatic heterocycles. The Morgan fingerprint density at radius 2 is 2.56 bits per heavy atom. The van der Waals surface area contributed by atoms with Crippen LogP contribution in [0.2, 0.25) is 0 Å². The fourth-order valence-corrected chi connectivity index (χ4v) is 0.774. The van der Waals surface area contributed by atoms with Crippen LogP contribution >= 0.6 is 0 Å². The molecule has 0 amide bonds. The zero-order valence-corrected chi connectivity index (χ0v) is 5.00. The van der Waals surface area contributed by atoms with Crippen LogP contribution in [0.4, 0.5) is 0 Å². The van der Waals surface area contributed by atoms with Crippen LogP contribution in [0.5, 0.6) is 0 Å². The Bertz CT molecular complexity index is 181. The van der Waals surface area contributed by atoms with Gasteiger partial charge in [0.25, 0.3) is 0 Å². The van der Waals surface area contributed by atoms with E-state index in [4.69, 9.17) is 0 Å². The first-order valence-electron chi connectivity index (χ1n) is 2.74. The molecule has 48 valence electrons. The molecule has 0 aromatic carbocycles. The van der Waals surface area contributed by atoms with Crippen LogP contribution in [-0.4, -0.2) is 16.5 Å². The lowest BCUT2D eigenvalue weighted by Gasteiger charge is -2.11. The van der Waals surface area contributed by atoms with Crippen LogP contribution in [-0.2, 0) is 4.79 Å². The Morgan fingerprint density at radius 1 is 1.89 bits per heavy atom. The van der Waals surface area contributed by atoms with Crippen molar-refractivity contribution in [2.45, 2.75) is 12.0 Å². The van der Waals surface area contributed by atoms with Crippen LogP contribution in [0.3, 0.4) is 0 Å². The largest absolute Gasteiger partial charge is 0.381 e. The van der Waals surface area contributed by atoms with E-state index in [9.17, 15) is 9.90 Å². The monoisotopic (exact) mass is 124 g/mol. The van der Waals surface area contributed by atoms with Gasteiger partial charge in [0.15, 0.2) is 5.78 Å². The third-order valence-corrected chi connectivity index (χ3v) is 1.37. The summed E-state index contributed by atoms with van der Waals surface area (Å²) >= 11 is 0. The predicted octanol–water partition coefficient (Wildman–Crippen LogP) is 0.432. The van der Waals surface area contributed by atoms with Gasteiger partial charge in [0.1, 0.15) is 5.60 Å². The standard InChI is InChI=1S/C7H8O2/c1-2-7(9)4-3-6(8)5-7/h2-4,9H,1,5H2/t7-/m0/s1. The van der Waals surface area contributed by atoms with Crippen molar-refractivity contribution in [1.82, 2.24) is 0 Å². The van der Waals surface area contributed by atoms with Crippen LogP contribution in [0.25, 0.3) is 0 Å². The highest BCUT2D eigenvalue weighted by molar-refractivity contribution is 5.94. The molecule has 0 saturated heterocycles. The molecule has 2 nitrogen and oxygen atoms in total. The van der Waals surface area contributed by atoms with E-state index in [1.807, 2.05) is 0 Å². The summed E-state index contributed by atoms with van der Waals surface area (Å²) in [6.07, 6.45) is 4.36. The summed E-state index contributed by atoms with van der Waals surface area (Å²) in [7, 11) is 0. The van der Waals surface area contributed by atoms with Crippen molar-refractivity contribution in [3.05, 3.63) is 24.8 Å². The Hall–Kier alpha value is -0.890. The fraction of sp³-hybridized carbons (Fsp3) is 0.286. The molecule has 0 aromatic rings. The molecule has 9 heavy (non-hydrogen) atoms. The maximum Gasteiger partial charge on any atom is 0.159 e. The van der Waals surface area contributed by atoms with Crippen LogP contribution < -0.4 is 0 Å². The lowest BCUT2D eigenvalue weighted by Crippen LogP contribution is -2.20.